The number of nitrogens with zero attached hydrogens (tertiary/aromatic N) is 2. The first-order valence-corrected chi connectivity index (χ1v) is 5.83. The van der Waals surface area contributed by atoms with Gasteiger partial charge >= 0.3 is 0 Å². The quantitative estimate of drug-likeness (QED) is 0.828. The minimum atomic E-state index is -0.291. The molecular weight excluding hydrogens is 233 g/mol. The van der Waals surface area contributed by atoms with Crippen molar-refractivity contribution in [2.75, 3.05) is 12.3 Å². The molecule has 0 amide bonds. The standard InChI is InChI=1S/C13H16FN3O/c1-10-4-2-5-11(13(10)14)18-9-3-7-17-8-6-12(15)16-17/h2,4-6,8H,3,7,9H2,1H3,(H2,15,16). The van der Waals surface area contributed by atoms with Crippen LogP contribution in [0.1, 0.15) is 12.0 Å². The summed E-state index contributed by atoms with van der Waals surface area (Å²) in [6.45, 7) is 2.86. The fourth-order valence-corrected chi connectivity index (χ4v) is 1.64. The summed E-state index contributed by atoms with van der Waals surface area (Å²) in [5.74, 6) is 0.511. The van der Waals surface area contributed by atoms with Gasteiger partial charge in [0.1, 0.15) is 5.82 Å². The van der Waals surface area contributed by atoms with Crippen LogP contribution in [-0.2, 0) is 6.54 Å². The number of benzene rings is 1. The van der Waals surface area contributed by atoms with E-state index in [-0.39, 0.29) is 5.82 Å². The summed E-state index contributed by atoms with van der Waals surface area (Å²) < 4.78 is 20.7. The van der Waals surface area contributed by atoms with Crippen LogP contribution in [0.3, 0.4) is 0 Å². The molecule has 0 spiro atoms. The Morgan fingerprint density at radius 1 is 1.39 bits per heavy atom. The molecule has 1 aromatic carbocycles. The number of rotatable bonds is 5. The number of hydrogen-bond donors (Lipinski definition) is 1. The van der Waals surface area contributed by atoms with Crippen molar-refractivity contribution in [2.24, 2.45) is 0 Å². The molecule has 0 saturated heterocycles. The minimum Gasteiger partial charge on any atom is -0.490 e. The van der Waals surface area contributed by atoms with Crippen molar-refractivity contribution in [1.82, 2.24) is 9.78 Å². The number of anilines is 1. The molecule has 2 aromatic rings. The lowest BCUT2D eigenvalue weighted by atomic mass is 10.2. The van der Waals surface area contributed by atoms with Gasteiger partial charge in [0.25, 0.3) is 0 Å². The third kappa shape index (κ3) is 3.00. The molecule has 2 rings (SSSR count). The Bertz CT molecular complexity index is 525. The zero-order chi connectivity index (χ0) is 13.0. The predicted octanol–water partition coefficient (Wildman–Crippen LogP) is 2.38. The first kappa shape index (κ1) is 12.4. The summed E-state index contributed by atoms with van der Waals surface area (Å²) in [7, 11) is 0. The van der Waals surface area contributed by atoms with Gasteiger partial charge in [-0.05, 0) is 24.6 Å². The molecule has 5 heteroatoms. The molecule has 0 aliphatic rings. The van der Waals surface area contributed by atoms with Crippen LogP contribution in [0.2, 0.25) is 0 Å². The molecule has 0 aliphatic carbocycles. The highest BCUT2D eigenvalue weighted by Gasteiger charge is 2.05. The van der Waals surface area contributed by atoms with Crippen LogP contribution < -0.4 is 10.5 Å². The summed E-state index contributed by atoms with van der Waals surface area (Å²) in [4.78, 5) is 0. The molecule has 0 radical (unpaired) electrons. The van der Waals surface area contributed by atoms with Gasteiger partial charge in [-0.25, -0.2) is 4.39 Å². The van der Waals surface area contributed by atoms with E-state index in [2.05, 4.69) is 5.10 Å². The second kappa shape index (κ2) is 5.53. The van der Waals surface area contributed by atoms with Gasteiger partial charge in [0.05, 0.1) is 6.61 Å². The zero-order valence-corrected chi connectivity index (χ0v) is 10.3. The molecule has 0 atom stereocenters. The Labute approximate surface area is 105 Å². The van der Waals surface area contributed by atoms with E-state index in [1.165, 1.54) is 0 Å². The van der Waals surface area contributed by atoms with E-state index in [9.17, 15) is 4.39 Å². The van der Waals surface area contributed by atoms with Crippen LogP contribution in [0, 0.1) is 12.7 Å². The Balaban J connectivity index is 1.80. The van der Waals surface area contributed by atoms with Crippen molar-refractivity contribution in [3.05, 3.63) is 41.8 Å². The molecule has 1 heterocycles. The molecular formula is C13H16FN3O. The number of aryl methyl sites for hydroxylation is 2. The summed E-state index contributed by atoms with van der Waals surface area (Å²) in [5.41, 5.74) is 6.09. The average molecular weight is 249 g/mol. The van der Waals surface area contributed by atoms with Gasteiger partial charge in [0, 0.05) is 19.2 Å². The summed E-state index contributed by atoms with van der Waals surface area (Å²) in [6, 6.07) is 6.87. The van der Waals surface area contributed by atoms with Crippen molar-refractivity contribution < 1.29 is 9.13 Å². The lowest BCUT2D eigenvalue weighted by Gasteiger charge is -2.08. The highest BCUT2D eigenvalue weighted by atomic mass is 19.1. The van der Waals surface area contributed by atoms with Gasteiger partial charge in [-0.15, -0.1) is 0 Å². The molecule has 0 saturated carbocycles. The van der Waals surface area contributed by atoms with E-state index >= 15 is 0 Å². The van der Waals surface area contributed by atoms with Gasteiger partial charge in [-0.3, -0.25) is 4.68 Å². The van der Waals surface area contributed by atoms with E-state index in [1.54, 1.807) is 35.9 Å². The molecule has 0 bridgehead atoms. The molecule has 1 aromatic heterocycles. The largest absolute Gasteiger partial charge is 0.490 e. The third-order valence-corrected chi connectivity index (χ3v) is 2.61. The van der Waals surface area contributed by atoms with Crippen molar-refractivity contribution >= 4 is 5.82 Å². The lowest BCUT2D eigenvalue weighted by molar-refractivity contribution is 0.284. The molecule has 18 heavy (non-hydrogen) atoms. The number of ether oxygens (including phenoxy) is 1. The first-order valence-electron chi connectivity index (χ1n) is 5.83. The van der Waals surface area contributed by atoms with E-state index in [0.717, 1.165) is 6.42 Å². The van der Waals surface area contributed by atoms with Gasteiger partial charge < -0.3 is 10.5 Å². The van der Waals surface area contributed by atoms with Crippen LogP contribution in [0.15, 0.2) is 30.5 Å². The average Bonchev–Trinajstić information content (AvgIpc) is 2.76. The summed E-state index contributed by atoms with van der Waals surface area (Å²) in [6.07, 6.45) is 2.55. The Hall–Kier alpha value is -2.04. The number of aromatic nitrogens is 2. The Morgan fingerprint density at radius 2 is 2.22 bits per heavy atom. The van der Waals surface area contributed by atoms with Crippen LogP contribution >= 0.6 is 0 Å². The highest BCUT2D eigenvalue weighted by molar-refractivity contribution is 5.30. The van der Waals surface area contributed by atoms with E-state index in [4.69, 9.17) is 10.5 Å². The van der Waals surface area contributed by atoms with E-state index in [0.29, 0.717) is 30.3 Å². The normalized spacial score (nSPS) is 10.6. The van der Waals surface area contributed by atoms with Crippen LogP contribution in [-0.4, -0.2) is 16.4 Å². The number of nitrogen functional groups attached to an aromatic ring is 1. The number of halogens is 1. The number of hydrogen-bond acceptors (Lipinski definition) is 3. The molecule has 0 unspecified atom stereocenters. The lowest BCUT2D eigenvalue weighted by Crippen LogP contribution is -2.06. The van der Waals surface area contributed by atoms with Crippen LogP contribution in [0.4, 0.5) is 10.2 Å². The molecule has 0 aliphatic heterocycles. The smallest absolute Gasteiger partial charge is 0.167 e. The molecule has 0 fully saturated rings. The molecule has 2 N–H and O–H groups in total. The monoisotopic (exact) mass is 249 g/mol. The predicted molar refractivity (Wildman–Crippen MR) is 67.9 cm³/mol. The van der Waals surface area contributed by atoms with Crippen molar-refractivity contribution in [3.63, 3.8) is 0 Å². The van der Waals surface area contributed by atoms with Gasteiger partial charge in [-0.1, -0.05) is 12.1 Å². The highest BCUT2D eigenvalue weighted by Crippen LogP contribution is 2.19. The maximum Gasteiger partial charge on any atom is 0.167 e. The van der Waals surface area contributed by atoms with Crippen LogP contribution in [0.25, 0.3) is 0 Å². The molecule has 4 nitrogen and oxygen atoms in total. The van der Waals surface area contributed by atoms with Gasteiger partial charge in [0.2, 0.25) is 0 Å². The summed E-state index contributed by atoms with van der Waals surface area (Å²) in [5, 5.41) is 4.05. The second-order valence-corrected chi connectivity index (χ2v) is 4.09. The van der Waals surface area contributed by atoms with Gasteiger partial charge in [-0.2, -0.15) is 5.10 Å². The fraction of sp³-hybridized carbons (Fsp3) is 0.308. The summed E-state index contributed by atoms with van der Waals surface area (Å²) >= 11 is 0. The topological polar surface area (TPSA) is 53.1 Å². The van der Waals surface area contributed by atoms with E-state index < -0.39 is 0 Å². The van der Waals surface area contributed by atoms with Gasteiger partial charge in [0.15, 0.2) is 11.6 Å². The molecule has 96 valence electrons. The SMILES string of the molecule is Cc1cccc(OCCCn2ccc(N)n2)c1F. The van der Waals surface area contributed by atoms with Crippen molar-refractivity contribution in [3.8, 4) is 5.75 Å². The first-order chi connectivity index (χ1) is 8.66. The maximum atomic E-state index is 13.6. The third-order valence-electron chi connectivity index (χ3n) is 2.61. The van der Waals surface area contributed by atoms with Crippen molar-refractivity contribution in [1.29, 1.82) is 0 Å². The minimum absolute atomic E-state index is 0.291. The van der Waals surface area contributed by atoms with E-state index in [1.807, 2.05) is 6.20 Å². The zero-order valence-electron chi connectivity index (χ0n) is 10.3. The van der Waals surface area contributed by atoms with Crippen molar-refractivity contribution in [2.45, 2.75) is 19.9 Å². The maximum absolute atomic E-state index is 13.6. The van der Waals surface area contributed by atoms with Crippen LogP contribution in [0.5, 0.6) is 5.75 Å². The second-order valence-electron chi connectivity index (χ2n) is 4.09. The Morgan fingerprint density at radius 3 is 2.94 bits per heavy atom. The Kier molecular flexibility index (Phi) is 3.82. The fourth-order valence-electron chi connectivity index (χ4n) is 1.64. The number of nitrogens with two attached hydrogens (primary N) is 1.